The molecule has 0 saturated carbocycles. The van der Waals surface area contributed by atoms with Gasteiger partial charge in [-0.15, -0.1) is 11.6 Å². The largest absolute Gasteiger partial charge is 0.126 e. The lowest BCUT2D eigenvalue weighted by atomic mass is 10.0. The summed E-state index contributed by atoms with van der Waals surface area (Å²) >= 11 is 11.9. The van der Waals surface area contributed by atoms with Crippen LogP contribution in [0.3, 0.4) is 0 Å². The molecule has 0 aliphatic carbocycles. The van der Waals surface area contributed by atoms with Crippen molar-refractivity contribution in [2.45, 2.75) is 31.6 Å². The third-order valence-corrected chi connectivity index (χ3v) is 4.73. The monoisotopic (exact) mass is 260 g/mol. The molecule has 1 atom stereocenters. The molecule has 1 aromatic rings. The molecule has 0 aromatic heterocycles. The Bertz CT molecular complexity index is 300. The van der Waals surface area contributed by atoms with Crippen molar-refractivity contribution in [1.29, 1.82) is 0 Å². The van der Waals surface area contributed by atoms with E-state index in [1.165, 1.54) is 11.6 Å². The van der Waals surface area contributed by atoms with E-state index in [4.69, 9.17) is 23.2 Å². The van der Waals surface area contributed by atoms with Crippen LogP contribution >= 0.6 is 23.2 Å². The zero-order chi connectivity index (χ0) is 11.5. The molecule has 0 heterocycles. The Morgan fingerprint density at radius 3 is 2.07 bits per heavy atom. The van der Waals surface area contributed by atoms with Crippen LogP contribution in [-0.4, -0.2) is 14.0 Å². The lowest BCUT2D eigenvalue weighted by Gasteiger charge is -2.23. The third kappa shape index (κ3) is 4.58. The minimum atomic E-state index is -1.06. The lowest BCUT2D eigenvalue weighted by molar-refractivity contribution is 0.853. The van der Waals surface area contributed by atoms with Crippen molar-refractivity contribution in [2.24, 2.45) is 0 Å². The molecule has 15 heavy (non-hydrogen) atoms. The maximum absolute atomic E-state index is 6.04. The highest BCUT2D eigenvalue weighted by Gasteiger charge is 2.20. The molecule has 0 nitrogen and oxygen atoms in total. The maximum atomic E-state index is 6.04. The van der Waals surface area contributed by atoms with Gasteiger partial charge in [0.05, 0.1) is 0 Å². The highest BCUT2D eigenvalue weighted by Crippen LogP contribution is 2.28. The number of halogens is 2. The van der Waals surface area contributed by atoms with Crippen LogP contribution in [0.4, 0.5) is 0 Å². The van der Waals surface area contributed by atoms with Gasteiger partial charge in [-0.1, -0.05) is 43.4 Å². The van der Waals surface area contributed by atoms with E-state index in [2.05, 4.69) is 31.8 Å². The topological polar surface area (TPSA) is 0 Å². The fourth-order valence-electron chi connectivity index (χ4n) is 1.74. The van der Waals surface area contributed by atoms with E-state index < -0.39 is 8.07 Å². The van der Waals surface area contributed by atoms with Gasteiger partial charge in [-0.3, -0.25) is 0 Å². The summed E-state index contributed by atoms with van der Waals surface area (Å²) in [7, 11) is -1.06. The van der Waals surface area contributed by atoms with Crippen LogP contribution in [0.15, 0.2) is 24.3 Å². The number of alkyl halides is 1. The average molecular weight is 261 g/mol. The van der Waals surface area contributed by atoms with Crippen LogP contribution in [0.1, 0.15) is 11.5 Å². The predicted octanol–water partition coefficient (Wildman–Crippen LogP) is 5.00. The predicted molar refractivity (Wildman–Crippen MR) is 73.1 cm³/mol. The van der Waals surface area contributed by atoms with Gasteiger partial charge in [-0.2, -0.15) is 0 Å². The van der Waals surface area contributed by atoms with Gasteiger partial charge in [0.15, 0.2) is 0 Å². The van der Waals surface area contributed by atoms with Crippen molar-refractivity contribution in [2.75, 3.05) is 5.88 Å². The highest BCUT2D eigenvalue weighted by molar-refractivity contribution is 6.76. The second-order valence-corrected chi connectivity index (χ2v) is 11.4. The van der Waals surface area contributed by atoms with Gasteiger partial charge in [0.2, 0.25) is 0 Å². The highest BCUT2D eigenvalue weighted by atomic mass is 35.5. The van der Waals surface area contributed by atoms with E-state index in [1.807, 2.05) is 12.1 Å². The standard InChI is InChI=1S/C12H18Cl2Si/c1-15(2,3)9-11(8-13)10-4-6-12(14)7-5-10/h4-7,11H,8-9H2,1-3H3. The van der Waals surface area contributed by atoms with Crippen LogP contribution < -0.4 is 0 Å². The summed E-state index contributed by atoms with van der Waals surface area (Å²) in [5.41, 5.74) is 1.32. The fourth-order valence-corrected chi connectivity index (χ4v) is 4.19. The van der Waals surface area contributed by atoms with Gasteiger partial charge in [0, 0.05) is 19.0 Å². The first kappa shape index (κ1) is 13.1. The zero-order valence-electron chi connectivity index (χ0n) is 9.56. The Kier molecular flexibility index (Phi) is 4.69. The summed E-state index contributed by atoms with van der Waals surface area (Å²) in [5, 5.41) is 0.792. The molecule has 1 unspecified atom stereocenters. The summed E-state index contributed by atoms with van der Waals surface area (Å²) in [5.74, 6) is 1.18. The summed E-state index contributed by atoms with van der Waals surface area (Å²) < 4.78 is 0. The van der Waals surface area contributed by atoms with Crippen molar-refractivity contribution in [3.63, 3.8) is 0 Å². The fraction of sp³-hybridized carbons (Fsp3) is 0.500. The van der Waals surface area contributed by atoms with E-state index in [0.29, 0.717) is 11.8 Å². The molecular weight excluding hydrogens is 243 g/mol. The molecule has 0 N–H and O–H groups in total. The maximum Gasteiger partial charge on any atom is 0.0449 e. The summed E-state index contributed by atoms with van der Waals surface area (Å²) in [6.07, 6.45) is 0. The van der Waals surface area contributed by atoms with Crippen LogP contribution in [0.5, 0.6) is 0 Å². The Hall–Kier alpha value is 0.0169. The summed E-state index contributed by atoms with van der Waals surface area (Å²) in [6.45, 7) is 7.13. The lowest BCUT2D eigenvalue weighted by Crippen LogP contribution is -2.23. The van der Waals surface area contributed by atoms with Crippen molar-refractivity contribution < 1.29 is 0 Å². The molecule has 0 radical (unpaired) electrons. The molecule has 0 aliphatic heterocycles. The van der Waals surface area contributed by atoms with E-state index in [1.54, 1.807) is 0 Å². The summed E-state index contributed by atoms with van der Waals surface area (Å²) in [4.78, 5) is 0. The van der Waals surface area contributed by atoms with Gasteiger partial charge in [0.25, 0.3) is 0 Å². The molecule has 0 aliphatic rings. The SMILES string of the molecule is C[Si](C)(C)CC(CCl)c1ccc(Cl)cc1. The molecule has 0 fully saturated rings. The van der Waals surface area contributed by atoms with Crippen molar-refractivity contribution in [3.8, 4) is 0 Å². The average Bonchev–Trinajstić information content (AvgIpc) is 2.14. The number of hydrogen-bond donors (Lipinski definition) is 0. The number of benzene rings is 1. The van der Waals surface area contributed by atoms with Crippen molar-refractivity contribution >= 4 is 31.3 Å². The Morgan fingerprint density at radius 1 is 1.13 bits per heavy atom. The van der Waals surface area contributed by atoms with Crippen LogP contribution in [-0.2, 0) is 0 Å². The van der Waals surface area contributed by atoms with Crippen LogP contribution in [0.25, 0.3) is 0 Å². The normalized spacial score (nSPS) is 13.9. The number of rotatable bonds is 4. The summed E-state index contributed by atoms with van der Waals surface area (Å²) in [6, 6.07) is 9.31. The van der Waals surface area contributed by atoms with Gasteiger partial charge in [-0.05, 0) is 29.7 Å². The van der Waals surface area contributed by atoms with E-state index in [9.17, 15) is 0 Å². The van der Waals surface area contributed by atoms with Gasteiger partial charge in [-0.25, -0.2) is 0 Å². The smallest absolute Gasteiger partial charge is 0.0449 e. The van der Waals surface area contributed by atoms with E-state index in [0.717, 1.165) is 5.02 Å². The second kappa shape index (κ2) is 5.38. The Morgan fingerprint density at radius 2 is 1.67 bits per heavy atom. The van der Waals surface area contributed by atoms with Gasteiger partial charge < -0.3 is 0 Å². The van der Waals surface area contributed by atoms with Crippen LogP contribution in [0.2, 0.25) is 30.7 Å². The molecule has 0 amide bonds. The second-order valence-electron chi connectivity index (χ2n) is 5.17. The molecule has 1 rings (SSSR count). The van der Waals surface area contributed by atoms with Crippen molar-refractivity contribution in [3.05, 3.63) is 34.9 Å². The molecule has 0 bridgehead atoms. The minimum Gasteiger partial charge on any atom is -0.126 e. The van der Waals surface area contributed by atoms with E-state index in [-0.39, 0.29) is 0 Å². The van der Waals surface area contributed by atoms with Crippen molar-refractivity contribution in [1.82, 2.24) is 0 Å². The third-order valence-electron chi connectivity index (χ3n) is 2.39. The molecule has 0 saturated heterocycles. The Labute approximate surface area is 104 Å². The zero-order valence-corrected chi connectivity index (χ0v) is 12.1. The first-order valence-electron chi connectivity index (χ1n) is 5.24. The first-order chi connectivity index (χ1) is 6.92. The quantitative estimate of drug-likeness (QED) is 0.528. The van der Waals surface area contributed by atoms with Gasteiger partial charge >= 0.3 is 0 Å². The molecule has 1 aromatic carbocycles. The Balaban J connectivity index is 2.79. The van der Waals surface area contributed by atoms with Gasteiger partial charge in [0.1, 0.15) is 0 Å². The molecular formula is C12H18Cl2Si. The minimum absolute atomic E-state index is 0.482. The molecule has 0 spiro atoms. The number of hydrogen-bond acceptors (Lipinski definition) is 0. The molecule has 3 heteroatoms. The van der Waals surface area contributed by atoms with Crippen LogP contribution in [0, 0.1) is 0 Å². The first-order valence-corrected chi connectivity index (χ1v) is 9.86. The molecule has 84 valence electrons. The van der Waals surface area contributed by atoms with E-state index >= 15 is 0 Å².